The molecule has 0 radical (unpaired) electrons. The molecular weight excluding hydrogens is 195 g/mol. The number of hydrogen-bond donors (Lipinski definition) is 0. The molecular formula is C7H17O3PS. The monoisotopic (exact) mass is 212 g/mol. The van der Waals surface area contributed by atoms with Gasteiger partial charge in [-0.15, -0.1) is 0 Å². The van der Waals surface area contributed by atoms with Crippen molar-refractivity contribution in [1.29, 1.82) is 0 Å². The average molecular weight is 212 g/mol. The van der Waals surface area contributed by atoms with Crippen molar-refractivity contribution in [2.75, 3.05) is 6.26 Å². The molecule has 0 amide bonds. The van der Waals surface area contributed by atoms with E-state index in [9.17, 15) is 4.57 Å². The van der Waals surface area contributed by atoms with Crippen LogP contribution in [0.2, 0.25) is 0 Å². The predicted molar refractivity (Wildman–Crippen MR) is 53.6 cm³/mol. The Balaban J connectivity index is 4.15. The van der Waals surface area contributed by atoms with E-state index in [-0.39, 0.29) is 12.2 Å². The topological polar surface area (TPSA) is 35.5 Å². The smallest absolute Gasteiger partial charge is 0.298 e. The van der Waals surface area contributed by atoms with E-state index in [0.717, 1.165) is 11.4 Å². The van der Waals surface area contributed by atoms with E-state index in [2.05, 4.69) is 0 Å². The highest BCUT2D eigenvalue weighted by Gasteiger charge is 2.26. The highest BCUT2D eigenvalue weighted by atomic mass is 32.7. The van der Waals surface area contributed by atoms with Gasteiger partial charge in [-0.2, -0.15) is 0 Å². The minimum atomic E-state index is -2.90. The number of hydrogen-bond acceptors (Lipinski definition) is 4. The zero-order valence-electron chi connectivity index (χ0n) is 8.23. The van der Waals surface area contributed by atoms with Crippen molar-refractivity contribution in [3.8, 4) is 0 Å². The summed E-state index contributed by atoms with van der Waals surface area (Å²) in [4.78, 5) is 0. The standard InChI is InChI=1S/C7H17O3PS/c1-6(2)9-11(8,12-5)10-7(3)4/h6-7H,1-5H3. The van der Waals surface area contributed by atoms with Crippen LogP contribution in [-0.4, -0.2) is 18.5 Å². The molecule has 12 heavy (non-hydrogen) atoms. The third-order valence-corrected chi connectivity index (χ3v) is 4.57. The van der Waals surface area contributed by atoms with E-state index in [0.29, 0.717) is 0 Å². The van der Waals surface area contributed by atoms with Crippen LogP contribution >= 0.6 is 18.2 Å². The summed E-state index contributed by atoms with van der Waals surface area (Å²) < 4.78 is 22.1. The Labute approximate surface area is 78.5 Å². The lowest BCUT2D eigenvalue weighted by atomic mass is 10.5. The van der Waals surface area contributed by atoms with Crippen LogP contribution in [0, 0.1) is 0 Å². The summed E-state index contributed by atoms with van der Waals surface area (Å²) in [6.45, 7) is 4.46. The Morgan fingerprint density at radius 3 is 1.58 bits per heavy atom. The molecule has 0 heterocycles. The molecule has 0 aliphatic heterocycles. The van der Waals surface area contributed by atoms with Crippen molar-refractivity contribution in [2.45, 2.75) is 39.9 Å². The maximum absolute atomic E-state index is 11.7. The maximum Gasteiger partial charge on any atom is 0.389 e. The minimum absolute atomic E-state index is 0.0676. The molecule has 0 aliphatic carbocycles. The summed E-state index contributed by atoms with van der Waals surface area (Å²) >= 11 is 1.14. The fourth-order valence-corrected chi connectivity index (χ4v) is 3.43. The molecule has 3 nitrogen and oxygen atoms in total. The van der Waals surface area contributed by atoms with Crippen molar-refractivity contribution < 1.29 is 13.6 Å². The summed E-state index contributed by atoms with van der Waals surface area (Å²) in [6, 6.07) is 0. The molecule has 0 atom stereocenters. The van der Waals surface area contributed by atoms with Crippen LogP contribution in [0.3, 0.4) is 0 Å². The molecule has 0 rings (SSSR count). The average Bonchev–Trinajstić information content (AvgIpc) is 1.83. The highest BCUT2D eigenvalue weighted by Crippen LogP contribution is 2.60. The molecule has 0 spiro atoms. The molecule has 0 bridgehead atoms. The molecule has 0 aromatic heterocycles. The summed E-state index contributed by atoms with van der Waals surface area (Å²) in [5.41, 5.74) is 0. The lowest BCUT2D eigenvalue weighted by molar-refractivity contribution is 0.156. The highest BCUT2D eigenvalue weighted by molar-refractivity contribution is 8.54. The van der Waals surface area contributed by atoms with Crippen molar-refractivity contribution >= 4 is 18.2 Å². The second-order valence-electron chi connectivity index (χ2n) is 2.94. The maximum atomic E-state index is 11.7. The van der Waals surface area contributed by atoms with Crippen LogP contribution in [0.15, 0.2) is 0 Å². The van der Waals surface area contributed by atoms with Gasteiger partial charge >= 0.3 is 6.80 Å². The van der Waals surface area contributed by atoms with Crippen molar-refractivity contribution in [2.24, 2.45) is 0 Å². The van der Waals surface area contributed by atoms with Crippen LogP contribution < -0.4 is 0 Å². The first kappa shape index (κ1) is 12.5. The van der Waals surface area contributed by atoms with Gasteiger partial charge in [-0.1, -0.05) is 0 Å². The van der Waals surface area contributed by atoms with Gasteiger partial charge in [-0.05, 0) is 45.3 Å². The molecule has 5 heteroatoms. The Bertz CT molecular complexity index is 156. The van der Waals surface area contributed by atoms with Crippen LogP contribution in [0.4, 0.5) is 0 Å². The molecule has 0 saturated carbocycles. The van der Waals surface area contributed by atoms with E-state index in [4.69, 9.17) is 9.05 Å². The Hall–Kier alpha value is 0.500. The minimum Gasteiger partial charge on any atom is -0.298 e. The Morgan fingerprint density at radius 2 is 1.42 bits per heavy atom. The lowest BCUT2D eigenvalue weighted by Gasteiger charge is -2.20. The predicted octanol–water partition coefficient (Wildman–Crippen LogP) is 3.31. The summed E-state index contributed by atoms with van der Waals surface area (Å²) in [6.07, 6.45) is 1.59. The van der Waals surface area contributed by atoms with E-state index in [1.54, 1.807) is 6.26 Å². The van der Waals surface area contributed by atoms with Crippen molar-refractivity contribution in [3.05, 3.63) is 0 Å². The first-order valence-electron chi connectivity index (χ1n) is 3.92. The van der Waals surface area contributed by atoms with E-state index in [1.807, 2.05) is 27.7 Å². The summed E-state index contributed by atoms with van der Waals surface area (Å²) in [7, 11) is 0. The SMILES string of the molecule is CSP(=O)(OC(C)C)OC(C)C. The lowest BCUT2D eigenvalue weighted by Crippen LogP contribution is -2.05. The van der Waals surface area contributed by atoms with Crippen LogP contribution in [0.25, 0.3) is 0 Å². The molecule has 74 valence electrons. The van der Waals surface area contributed by atoms with Gasteiger partial charge in [0.15, 0.2) is 0 Å². The quantitative estimate of drug-likeness (QED) is 0.655. The van der Waals surface area contributed by atoms with Crippen molar-refractivity contribution in [1.82, 2.24) is 0 Å². The zero-order chi connectivity index (χ0) is 9.78. The van der Waals surface area contributed by atoms with Gasteiger partial charge in [0.25, 0.3) is 0 Å². The van der Waals surface area contributed by atoms with E-state index >= 15 is 0 Å². The van der Waals surface area contributed by atoms with Gasteiger partial charge in [0.05, 0.1) is 12.2 Å². The van der Waals surface area contributed by atoms with Gasteiger partial charge in [-0.25, -0.2) is 4.57 Å². The molecule has 0 aromatic carbocycles. The van der Waals surface area contributed by atoms with Crippen LogP contribution in [0.1, 0.15) is 27.7 Å². The fourth-order valence-electron chi connectivity index (χ4n) is 0.627. The second-order valence-corrected chi connectivity index (χ2v) is 7.06. The van der Waals surface area contributed by atoms with E-state index < -0.39 is 6.80 Å². The molecule has 0 fully saturated rings. The third kappa shape index (κ3) is 5.20. The van der Waals surface area contributed by atoms with Crippen molar-refractivity contribution in [3.63, 3.8) is 0 Å². The normalized spacial score (nSPS) is 12.9. The molecule has 0 aliphatic rings. The van der Waals surface area contributed by atoms with Gasteiger partial charge in [0, 0.05) is 0 Å². The second kappa shape index (κ2) is 5.28. The van der Waals surface area contributed by atoms with E-state index in [1.165, 1.54) is 0 Å². The first-order chi connectivity index (χ1) is 5.39. The van der Waals surface area contributed by atoms with Crippen LogP contribution in [-0.2, 0) is 13.6 Å². The zero-order valence-corrected chi connectivity index (χ0v) is 9.95. The summed E-state index contributed by atoms with van der Waals surface area (Å²) in [5.74, 6) is 0. The van der Waals surface area contributed by atoms with Crippen LogP contribution in [0.5, 0.6) is 0 Å². The summed E-state index contributed by atoms with van der Waals surface area (Å²) in [5, 5.41) is 0. The first-order valence-corrected chi connectivity index (χ1v) is 7.29. The molecule has 0 aromatic rings. The molecule has 0 saturated heterocycles. The van der Waals surface area contributed by atoms with Gasteiger partial charge in [-0.3, -0.25) is 9.05 Å². The molecule has 0 unspecified atom stereocenters. The number of rotatable bonds is 5. The van der Waals surface area contributed by atoms with Gasteiger partial charge in [0.2, 0.25) is 0 Å². The largest absolute Gasteiger partial charge is 0.389 e. The van der Waals surface area contributed by atoms with Gasteiger partial charge in [0.1, 0.15) is 0 Å². The molecule has 0 N–H and O–H groups in total. The fraction of sp³-hybridized carbons (Fsp3) is 1.00. The Morgan fingerprint density at radius 1 is 1.08 bits per heavy atom. The van der Waals surface area contributed by atoms with Gasteiger partial charge < -0.3 is 0 Å². The third-order valence-electron chi connectivity index (χ3n) is 0.903. The Kier molecular flexibility index (Phi) is 5.50.